The van der Waals surface area contributed by atoms with E-state index in [1.54, 1.807) is 54.6 Å². The maximum absolute atomic E-state index is 12.8. The number of aromatic nitrogens is 1. The molecule has 1 aromatic heterocycles. The number of methoxy groups -OCH3 is 1. The van der Waals surface area contributed by atoms with Crippen LogP contribution in [0.1, 0.15) is 42.5 Å². The summed E-state index contributed by atoms with van der Waals surface area (Å²) in [5.41, 5.74) is 1.12. The van der Waals surface area contributed by atoms with Crippen LogP contribution in [0.3, 0.4) is 0 Å². The Morgan fingerprint density at radius 3 is 2.48 bits per heavy atom. The van der Waals surface area contributed by atoms with Crippen LogP contribution in [-0.4, -0.2) is 48.1 Å². The molecule has 1 N–H and O–H groups in total. The van der Waals surface area contributed by atoms with Gasteiger partial charge in [-0.1, -0.05) is 19.3 Å². The summed E-state index contributed by atoms with van der Waals surface area (Å²) in [5, 5.41) is 2.83. The van der Waals surface area contributed by atoms with Gasteiger partial charge in [0.2, 0.25) is 0 Å². The maximum atomic E-state index is 12.8. The fourth-order valence-corrected chi connectivity index (χ4v) is 4.06. The molecule has 0 atom stereocenters. The van der Waals surface area contributed by atoms with E-state index in [0.717, 1.165) is 19.4 Å². The van der Waals surface area contributed by atoms with Crippen molar-refractivity contribution in [2.24, 2.45) is 0 Å². The van der Waals surface area contributed by atoms with Gasteiger partial charge in [0.15, 0.2) is 0 Å². The molecule has 2 aliphatic rings. The first-order chi connectivity index (χ1) is 14.2. The third-order valence-electron chi connectivity index (χ3n) is 5.69. The van der Waals surface area contributed by atoms with Crippen molar-refractivity contribution in [2.45, 2.75) is 38.1 Å². The van der Waals surface area contributed by atoms with Gasteiger partial charge >= 0.3 is 6.03 Å². The van der Waals surface area contributed by atoms with Gasteiger partial charge in [-0.3, -0.25) is 9.69 Å². The molecule has 1 saturated carbocycles. The summed E-state index contributed by atoms with van der Waals surface area (Å²) in [7, 11) is 1.59. The lowest BCUT2D eigenvalue weighted by Crippen LogP contribution is -2.40. The van der Waals surface area contributed by atoms with Crippen molar-refractivity contribution in [2.75, 3.05) is 30.4 Å². The number of carbonyl (C=O) groups excluding carboxylic acids is 2. The lowest BCUT2D eigenvalue weighted by atomic mass is 9.94. The smallest absolute Gasteiger partial charge is 0.326 e. The molecule has 29 heavy (non-hydrogen) atoms. The van der Waals surface area contributed by atoms with Gasteiger partial charge in [0.05, 0.1) is 19.0 Å². The standard InChI is InChI=1S/C22H26N4O3/c1-29-19-10-7-16(8-11-19)21(27)24-17-9-12-20(23-15-17)26-14-13-25(22(26)28)18-5-3-2-4-6-18/h7-12,15,18H,2-6,13-14H2,1H3,(H,24,27). The lowest BCUT2D eigenvalue weighted by Gasteiger charge is -2.30. The molecule has 1 aliphatic carbocycles. The van der Waals surface area contributed by atoms with Crippen molar-refractivity contribution in [3.8, 4) is 5.75 Å². The SMILES string of the molecule is COc1ccc(C(=O)Nc2ccc(N3CCN(C4CCCCC4)C3=O)nc2)cc1. The van der Waals surface area contributed by atoms with Crippen molar-refractivity contribution < 1.29 is 14.3 Å². The summed E-state index contributed by atoms with van der Waals surface area (Å²) in [6, 6.07) is 10.9. The summed E-state index contributed by atoms with van der Waals surface area (Å²) < 4.78 is 5.11. The van der Waals surface area contributed by atoms with Gasteiger partial charge in [0.25, 0.3) is 5.91 Å². The first kappa shape index (κ1) is 19.2. The van der Waals surface area contributed by atoms with E-state index in [-0.39, 0.29) is 11.9 Å². The largest absolute Gasteiger partial charge is 0.497 e. The Labute approximate surface area is 170 Å². The Balaban J connectivity index is 1.38. The molecular formula is C22H26N4O3. The van der Waals surface area contributed by atoms with E-state index in [0.29, 0.717) is 35.4 Å². The van der Waals surface area contributed by atoms with Gasteiger partial charge < -0.3 is 15.0 Å². The molecule has 4 rings (SSSR count). The number of rotatable bonds is 5. The molecule has 2 aromatic rings. The Morgan fingerprint density at radius 1 is 1.07 bits per heavy atom. The molecule has 2 heterocycles. The Hall–Kier alpha value is -3.09. The molecule has 1 aromatic carbocycles. The maximum Gasteiger partial charge on any atom is 0.326 e. The third-order valence-corrected chi connectivity index (χ3v) is 5.69. The first-order valence-electron chi connectivity index (χ1n) is 10.2. The Kier molecular flexibility index (Phi) is 5.64. The van der Waals surface area contributed by atoms with Gasteiger partial charge in [-0.25, -0.2) is 9.78 Å². The van der Waals surface area contributed by atoms with Crippen LogP contribution in [0, 0.1) is 0 Å². The van der Waals surface area contributed by atoms with Gasteiger partial charge in [0.1, 0.15) is 11.6 Å². The van der Waals surface area contributed by atoms with Crippen molar-refractivity contribution in [1.82, 2.24) is 9.88 Å². The number of carbonyl (C=O) groups is 2. The van der Waals surface area contributed by atoms with Crippen LogP contribution in [0.4, 0.5) is 16.3 Å². The highest BCUT2D eigenvalue weighted by Gasteiger charge is 2.35. The summed E-state index contributed by atoms with van der Waals surface area (Å²) in [6.07, 6.45) is 7.47. The minimum Gasteiger partial charge on any atom is -0.497 e. The van der Waals surface area contributed by atoms with E-state index < -0.39 is 0 Å². The third kappa shape index (κ3) is 4.18. The van der Waals surface area contributed by atoms with Crippen LogP contribution in [-0.2, 0) is 0 Å². The second-order valence-corrected chi connectivity index (χ2v) is 7.51. The number of ether oxygens (including phenoxy) is 1. The van der Waals surface area contributed by atoms with E-state index in [4.69, 9.17) is 4.74 Å². The summed E-state index contributed by atoms with van der Waals surface area (Å²) >= 11 is 0. The average molecular weight is 394 g/mol. The second kappa shape index (κ2) is 8.51. The van der Waals surface area contributed by atoms with Crippen molar-refractivity contribution in [3.05, 3.63) is 48.2 Å². The number of anilines is 2. The number of hydrogen-bond acceptors (Lipinski definition) is 4. The minimum absolute atomic E-state index is 0.0411. The van der Waals surface area contributed by atoms with Gasteiger partial charge in [-0.2, -0.15) is 0 Å². The number of hydrogen-bond donors (Lipinski definition) is 1. The van der Waals surface area contributed by atoms with Crippen LogP contribution < -0.4 is 15.0 Å². The normalized spacial score (nSPS) is 17.5. The molecule has 152 valence electrons. The number of pyridine rings is 1. The van der Waals surface area contributed by atoms with Crippen LogP contribution in [0.25, 0.3) is 0 Å². The monoisotopic (exact) mass is 394 g/mol. The molecule has 0 unspecified atom stereocenters. The summed E-state index contributed by atoms with van der Waals surface area (Å²) in [6.45, 7) is 1.40. The molecule has 2 fully saturated rings. The zero-order valence-corrected chi connectivity index (χ0v) is 16.6. The average Bonchev–Trinajstić information content (AvgIpc) is 3.16. The number of benzene rings is 1. The van der Waals surface area contributed by atoms with Crippen molar-refractivity contribution >= 4 is 23.4 Å². The van der Waals surface area contributed by atoms with Gasteiger partial charge in [-0.05, 0) is 49.2 Å². The van der Waals surface area contributed by atoms with Gasteiger partial charge in [-0.15, -0.1) is 0 Å². The number of nitrogens with one attached hydrogen (secondary N) is 1. The van der Waals surface area contributed by atoms with E-state index in [1.807, 2.05) is 4.90 Å². The molecule has 7 heteroatoms. The highest BCUT2D eigenvalue weighted by atomic mass is 16.5. The fourth-order valence-electron chi connectivity index (χ4n) is 4.06. The zero-order valence-electron chi connectivity index (χ0n) is 16.6. The topological polar surface area (TPSA) is 74.8 Å². The first-order valence-corrected chi connectivity index (χ1v) is 10.2. The molecule has 3 amide bonds. The molecule has 1 aliphatic heterocycles. The summed E-state index contributed by atoms with van der Waals surface area (Å²) in [5.74, 6) is 1.10. The van der Waals surface area contributed by atoms with Crippen LogP contribution in [0.5, 0.6) is 5.75 Å². The van der Waals surface area contributed by atoms with Crippen molar-refractivity contribution in [1.29, 1.82) is 0 Å². The van der Waals surface area contributed by atoms with E-state index in [9.17, 15) is 9.59 Å². The van der Waals surface area contributed by atoms with E-state index in [2.05, 4.69) is 10.3 Å². The molecule has 7 nitrogen and oxygen atoms in total. The summed E-state index contributed by atoms with van der Waals surface area (Å²) in [4.78, 5) is 33.3. The highest BCUT2D eigenvalue weighted by Crippen LogP contribution is 2.28. The molecule has 1 saturated heterocycles. The number of urea groups is 1. The predicted octanol–water partition coefficient (Wildman–Crippen LogP) is 3.92. The van der Waals surface area contributed by atoms with Crippen LogP contribution >= 0.6 is 0 Å². The second-order valence-electron chi connectivity index (χ2n) is 7.51. The fraction of sp³-hybridized carbons (Fsp3) is 0.409. The molecule has 0 radical (unpaired) electrons. The van der Waals surface area contributed by atoms with E-state index >= 15 is 0 Å². The molecule has 0 bridgehead atoms. The van der Waals surface area contributed by atoms with Gasteiger partial charge in [0, 0.05) is 24.7 Å². The molecule has 0 spiro atoms. The molecular weight excluding hydrogens is 368 g/mol. The lowest BCUT2D eigenvalue weighted by molar-refractivity contribution is 0.102. The minimum atomic E-state index is -0.220. The quantitative estimate of drug-likeness (QED) is 0.834. The number of nitrogens with zero attached hydrogens (tertiary/aromatic N) is 3. The Morgan fingerprint density at radius 2 is 1.83 bits per heavy atom. The Bertz CT molecular complexity index is 861. The highest BCUT2D eigenvalue weighted by molar-refractivity contribution is 6.04. The predicted molar refractivity (Wildman–Crippen MR) is 112 cm³/mol. The zero-order chi connectivity index (χ0) is 20.2. The van der Waals surface area contributed by atoms with Crippen LogP contribution in [0.2, 0.25) is 0 Å². The van der Waals surface area contributed by atoms with Crippen LogP contribution in [0.15, 0.2) is 42.6 Å². The van der Waals surface area contributed by atoms with Crippen molar-refractivity contribution in [3.63, 3.8) is 0 Å². The number of amides is 3. The van der Waals surface area contributed by atoms with E-state index in [1.165, 1.54) is 19.3 Å².